The van der Waals surface area contributed by atoms with Crippen LogP contribution in [0.15, 0.2) is 30.3 Å². The van der Waals surface area contributed by atoms with Crippen molar-refractivity contribution < 1.29 is 19.8 Å². The van der Waals surface area contributed by atoms with Gasteiger partial charge < -0.3 is 21.0 Å². The van der Waals surface area contributed by atoms with Crippen LogP contribution in [0.3, 0.4) is 0 Å². The van der Waals surface area contributed by atoms with Gasteiger partial charge in [-0.15, -0.1) is 10.1 Å². The molecule has 0 bridgehead atoms. The van der Waals surface area contributed by atoms with Gasteiger partial charge in [0.05, 0.1) is 12.1 Å². The monoisotopic (exact) mass is 270 g/mol. The minimum absolute atomic E-state index is 0.134. The highest BCUT2D eigenvalue weighted by atomic mass is 16.9. The lowest BCUT2D eigenvalue weighted by Gasteiger charge is -2.05. The minimum Gasteiger partial charge on any atom is -0.460 e. The SMILES string of the molecule is N=C(N)NCCOC(=O)c1ccccc1.O=[N+]([O-])O. The van der Waals surface area contributed by atoms with Gasteiger partial charge in [-0.1, -0.05) is 18.2 Å². The summed E-state index contributed by atoms with van der Waals surface area (Å²) in [5.41, 5.74) is 5.57. The van der Waals surface area contributed by atoms with E-state index in [2.05, 4.69) is 5.32 Å². The Morgan fingerprint density at radius 2 is 2.00 bits per heavy atom. The fourth-order valence-corrected chi connectivity index (χ4v) is 0.987. The normalized spacial score (nSPS) is 8.63. The van der Waals surface area contributed by atoms with Gasteiger partial charge in [0.15, 0.2) is 5.96 Å². The Hall–Kier alpha value is -2.84. The molecule has 0 aliphatic heterocycles. The average Bonchev–Trinajstić information content (AvgIpc) is 2.34. The molecule has 0 radical (unpaired) electrons. The first-order chi connectivity index (χ1) is 8.93. The second-order valence-electron chi connectivity index (χ2n) is 3.08. The van der Waals surface area contributed by atoms with Gasteiger partial charge in [-0.25, -0.2) is 4.79 Å². The van der Waals surface area contributed by atoms with Crippen LogP contribution >= 0.6 is 0 Å². The van der Waals surface area contributed by atoms with E-state index in [1.54, 1.807) is 24.3 Å². The summed E-state index contributed by atoms with van der Waals surface area (Å²) in [6.45, 7) is 0.529. The van der Waals surface area contributed by atoms with Crippen molar-refractivity contribution in [3.8, 4) is 0 Å². The van der Waals surface area contributed by atoms with Crippen molar-refractivity contribution in [1.82, 2.24) is 5.32 Å². The maximum absolute atomic E-state index is 11.4. The van der Waals surface area contributed by atoms with Crippen molar-refractivity contribution in [3.05, 3.63) is 46.0 Å². The van der Waals surface area contributed by atoms with E-state index in [4.69, 9.17) is 31.2 Å². The van der Waals surface area contributed by atoms with Crippen molar-refractivity contribution in [2.75, 3.05) is 13.2 Å². The van der Waals surface area contributed by atoms with Crippen molar-refractivity contribution in [2.45, 2.75) is 0 Å². The van der Waals surface area contributed by atoms with Gasteiger partial charge in [-0.05, 0) is 12.1 Å². The molecule has 104 valence electrons. The number of carbonyl (C=O) groups is 1. The molecule has 0 spiro atoms. The highest BCUT2D eigenvalue weighted by molar-refractivity contribution is 5.89. The fraction of sp³-hybridized carbons (Fsp3) is 0.200. The van der Waals surface area contributed by atoms with E-state index in [0.29, 0.717) is 12.1 Å². The molecule has 1 aromatic rings. The lowest BCUT2D eigenvalue weighted by molar-refractivity contribution is -0.742. The summed E-state index contributed by atoms with van der Waals surface area (Å²) in [5, 5.41) is 23.0. The van der Waals surface area contributed by atoms with E-state index in [-0.39, 0.29) is 18.5 Å². The molecule has 0 atom stereocenters. The molecule has 19 heavy (non-hydrogen) atoms. The van der Waals surface area contributed by atoms with Crippen LogP contribution in [-0.2, 0) is 4.74 Å². The first-order valence-electron chi connectivity index (χ1n) is 5.06. The summed E-state index contributed by atoms with van der Waals surface area (Å²) < 4.78 is 4.92. The number of guanidine groups is 1. The van der Waals surface area contributed by atoms with E-state index >= 15 is 0 Å². The summed E-state index contributed by atoms with van der Waals surface area (Å²) in [6, 6.07) is 8.73. The van der Waals surface area contributed by atoms with E-state index in [9.17, 15) is 4.79 Å². The molecule has 0 fully saturated rings. The van der Waals surface area contributed by atoms with Crippen molar-refractivity contribution >= 4 is 11.9 Å². The van der Waals surface area contributed by atoms with Crippen LogP contribution < -0.4 is 11.1 Å². The third kappa shape index (κ3) is 10.1. The zero-order valence-corrected chi connectivity index (χ0v) is 9.91. The third-order valence-corrected chi connectivity index (χ3v) is 1.66. The van der Waals surface area contributed by atoms with Crippen LogP contribution in [0.2, 0.25) is 0 Å². The van der Waals surface area contributed by atoms with Crippen molar-refractivity contribution in [3.63, 3.8) is 0 Å². The van der Waals surface area contributed by atoms with Gasteiger partial charge in [-0.2, -0.15) is 0 Å². The second kappa shape index (κ2) is 9.22. The average molecular weight is 270 g/mol. The minimum atomic E-state index is -1.50. The molecule has 0 amide bonds. The summed E-state index contributed by atoms with van der Waals surface area (Å²) in [7, 11) is 0. The Bertz CT molecular complexity index is 419. The highest BCUT2D eigenvalue weighted by Gasteiger charge is 2.04. The van der Waals surface area contributed by atoms with Crippen LogP contribution in [0.1, 0.15) is 10.4 Å². The lowest BCUT2D eigenvalue weighted by atomic mass is 10.2. The fourth-order valence-electron chi connectivity index (χ4n) is 0.987. The number of nitrogens with two attached hydrogens (primary N) is 1. The number of hydrogen-bond acceptors (Lipinski definition) is 5. The molecule has 0 heterocycles. The zero-order chi connectivity index (χ0) is 14.7. The number of esters is 1. The predicted molar refractivity (Wildman–Crippen MR) is 65.4 cm³/mol. The van der Waals surface area contributed by atoms with Gasteiger partial charge in [0.1, 0.15) is 6.61 Å². The zero-order valence-electron chi connectivity index (χ0n) is 9.91. The van der Waals surface area contributed by atoms with Crippen LogP contribution in [0, 0.1) is 15.5 Å². The van der Waals surface area contributed by atoms with E-state index < -0.39 is 5.09 Å². The largest absolute Gasteiger partial charge is 0.460 e. The first kappa shape index (κ1) is 16.2. The van der Waals surface area contributed by atoms with Gasteiger partial charge in [-0.3, -0.25) is 5.41 Å². The van der Waals surface area contributed by atoms with Gasteiger partial charge >= 0.3 is 5.97 Å². The van der Waals surface area contributed by atoms with E-state index in [1.165, 1.54) is 0 Å². The second-order valence-corrected chi connectivity index (χ2v) is 3.08. The molecule has 0 aliphatic carbocycles. The molecule has 0 aliphatic rings. The van der Waals surface area contributed by atoms with Crippen LogP contribution in [0.4, 0.5) is 0 Å². The predicted octanol–water partition coefficient (Wildman–Crippen LogP) is -0.0212. The van der Waals surface area contributed by atoms with Crippen LogP contribution in [0.25, 0.3) is 0 Å². The Kier molecular flexibility index (Phi) is 7.84. The number of benzene rings is 1. The molecule has 0 aromatic heterocycles. The Morgan fingerprint density at radius 3 is 2.47 bits per heavy atom. The topological polar surface area (TPSA) is 152 Å². The Morgan fingerprint density at radius 1 is 1.47 bits per heavy atom. The quantitative estimate of drug-likeness (QED) is 0.150. The summed E-state index contributed by atoms with van der Waals surface area (Å²) in [5.74, 6) is -0.508. The Balaban J connectivity index is 0.000000711. The summed E-state index contributed by atoms with van der Waals surface area (Å²) >= 11 is 0. The molecule has 1 rings (SSSR count). The molecular formula is C10H14N4O5. The maximum atomic E-state index is 11.4. The molecule has 9 nitrogen and oxygen atoms in total. The summed E-state index contributed by atoms with van der Waals surface area (Å²) in [6.07, 6.45) is 0. The van der Waals surface area contributed by atoms with E-state index in [1.807, 2.05) is 6.07 Å². The molecule has 0 saturated carbocycles. The van der Waals surface area contributed by atoms with Gasteiger partial charge in [0, 0.05) is 0 Å². The molecule has 0 unspecified atom stereocenters. The summed E-state index contributed by atoms with van der Waals surface area (Å²) in [4.78, 5) is 19.7. The number of hydrogen-bond donors (Lipinski definition) is 4. The smallest absolute Gasteiger partial charge is 0.338 e. The Labute approximate surface area is 108 Å². The molecule has 1 aromatic carbocycles. The first-order valence-corrected chi connectivity index (χ1v) is 5.06. The highest BCUT2D eigenvalue weighted by Crippen LogP contribution is 2.00. The standard InChI is InChI=1S/C10H13N3O2.HNO3/c11-10(12)13-6-7-15-9(14)8-4-2-1-3-5-8;2-1(3)4/h1-5H,6-7H2,(H4,11,12,13);(H,2,3,4). The maximum Gasteiger partial charge on any atom is 0.338 e. The number of nitrogens with one attached hydrogen (secondary N) is 2. The van der Waals surface area contributed by atoms with Gasteiger partial charge in [0.2, 0.25) is 0 Å². The van der Waals surface area contributed by atoms with Crippen LogP contribution in [-0.4, -0.2) is 35.4 Å². The molecule has 9 heteroatoms. The number of rotatable bonds is 4. The number of nitrogens with zero attached hydrogens (tertiary/aromatic N) is 1. The molecular weight excluding hydrogens is 256 g/mol. The number of carbonyl (C=O) groups excluding carboxylic acids is 1. The van der Waals surface area contributed by atoms with Gasteiger partial charge in [0.25, 0.3) is 5.09 Å². The third-order valence-electron chi connectivity index (χ3n) is 1.66. The molecule has 5 N–H and O–H groups in total. The van der Waals surface area contributed by atoms with Crippen LogP contribution in [0.5, 0.6) is 0 Å². The van der Waals surface area contributed by atoms with Crippen molar-refractivity contribution in [1.29, 1.82) is 5.41 Å². The van der Waals surface area contributed by atoms with E-state index in [0.717, 1.165) is 0 Å². The van der Waals surface area contributed by atoms with Crippen molar-refractivity contribution in [2.24, 2.45) is 5.73 Å². The molecule has 0 saturated heterocycles. The lowest BCUT2D eigenvalue weighted by Crippen LogP contribution is -2.33. The number of ether oxygens (including phenoxy) is 1.